The predicted molar refractivity (Wildman–Crippen MR) is 87.9 cm³/mol. The lowest BCUT2D eigenvalue weighted by Crippen LogP contribution is -2.07. The van der Waals surface area contributed by atoms with Crippen LogP contribution in [0.3, 0.4) is 0 Å². The first-order valence-corrected chi connectivity index (χ1v) is 7.49. The maximum absolute atomic E-state index is 9.70. The average molecular weight is 307 g/mol. The number of aromatic nitrogens is 1. The minimum Gasteiger partial charge on any atom is -0.508 e. The lowest BCUT2D eigenvalue weighted by atomic mass is 10.1. The summed E-state index contributed by atoms with van der Waals surface area (Å²) in [5.41, 5.74) is 2.87. The van der Waals surface area contributed by atoms with Crippen LogP contribution in [0.4, 0.5) is 10.8 Å². The summed E-state index contributed by atoms with van der Waals surface area (Å²) in [6, 6.07) is 3.72. The van der Waals surface area contributed by atoms with E-state index in [0.29, 0.717) is 18.2 Å². The summed E-state index contributed by atoms with van der Waals surface area (Å²) in [6.45, 7) is 4.49. The van der Waals surface area contributed by atoms with Crippen LogP contribution in [0.25, 0.3) is 0 Å². The van der Waals surface area contributed by atoms with E-state index in [1.807, 2.05) is 38.9 Å². The van der Waals surface area contributed by atoms with E-state index in [2.05, 4.69) is 10.3 Å². The molecule has 114 valence electrons. The first-order valence-electron chi connectivity index (χ1n) is 6.67. The van der Waals surface area contributed by atoms with Gasteiger partial charge in [-0.3, -0.25) is 0 Å². The minimum atomic E-state index is 0.323. The molecular weight excluding hydrogens is 286 g/mol. The number of methoxy groups -OCH3 is 1. The van der Waals surface area contributed by atoms with Gasteiger partial charge < -0.3 is 20.1 Å². The number of aryl methyl sites for hydroxylation is 2. The van der Waals surface area contributed by atoms with Gasteiger partial charge in [0.25, 0.3) is 0 Å². The van der Waals surface area contributed by atoms with E-state index in [4.69, 9.17) is 4.74 Å². The van der Waals surface area contributed by atoms with Crippen LogP contribution in [-0.4, -0.2) is 31.3 Å². The number of nitrogens with zero attached hydrogens (tertiary/aromatic N) is 2. The lowest BCUT2D eigenvalue weighted by molar-refractivity contribution is 0.397. The number of nitrogens with one attached hydrogen (secondary N) is 1. The van der Waals surface area contributed by atoms with E-state index >= 15 is 0 Å². The Labute approximate surface area is 129 Å². The smallest absolute Gasteiger partial charge is 0.231 e. The van der Waals surface area contributed by atoms with Crippen molar-refractivity contribution in [1.82, 2.24) is 4.98 Å². The zero-order chi connectivity index (χ0) is 15.6. The third kappa shape index (κ3) is 3.39. The normalized spacial score (nSPS) is 10.5. The molecule has 0 aliphatic carbocycles. The van der Waals surface area contributed by atoms with Crippen molar-refractivity contribution in [2.75, 3.05) is 31.4 Å². The first-order chi connectivity index (χ1) is 9.92. The quantitative estimate of drug-likeness (QED) is 0.831. The predicted octanol–water partition coefficient (Wildman–Crippen LogP) is 3.15. The van der Waals surface area contributed by atoms with Crippen LogP contribution < -0.4 is 15.0 Å². The number of anilines is 2. The molecule has 0 bridgehead atoms. The Morgan fingerprint density at radius 2 is 2.00 bits per heavy atom. The number of aromatic hydroxyl groups is 1. The number of benzene rings is 1. The highest BCUT2D eigenvalue weighted by atomic mass is 32.1. The number of phenols is 1. The molecular formula is C15H21N3O2S. The van der Waals surface area contributed by atoms with E-state index in [1.54, 1.807) is 24.5 Å². The number of phenolic OH excluding ortho intramolecular Hbond substituents is 1. The fraction of sp³-hybridized carbons (Fsp3) is 0.400. The molecule has 0 radical (unpaired) electrons. The SMILES string of the molecule is COc1nc(N(C)C)sc1CNc1cc(C)c(O)cc1C. The second-order valence-corrected chi connectivity index (χ2v) is 6.19. The van der Waals surface area contributed by atoms with Crippen molar-refractivity contribution in [3.05, 3.63) is 28.1 Å². The Morgan fingerprint density at radius 3 is 2.62 bits per heavy atom. The van der Waals surface area contributed by atoms with E-state index in [9.17, 15) is 5.11 Å². The highest BCUT2D eigenvalue weighted by Crippen LogP contribution is 2.32. The topological polar surface area (TPSA) is 57.6 Å². The summed E-state index contributed by atoms with van der Waals surface area (Å²) in [7, 11) is 5.56. The Balaban J connectivity index is 2.18. The number of hydrogen-bond donors (Lipinski definition) is 2. The van der Waals surface area contributed by atoms with E-state index in [1.165, 1.54) is 0 Å². The Kier molecular flexibility index (Phi) is 4.57. The number of ether oxygens (including phenoxy) is 1. The van der Waals surface area contributed by atoms with Crippen molar-refractivity contribution in [3.8, 4) is 11.6 Å². The van der Waals surface area contributed by atoms with Crippen LogP contribution in [0.5, 0.6) is 11.6 Å². The van der Waals surface area contributed by atoms with Crippen LogP contribution in [0.2, 0.25) is 0 Å². The van der Waals surface area contributed by atoms with Gasteiger partial charge in [0, 0.05) is 19.8 Å². The highest BCUT2D eigenvalue weighted by Gasteiger charge is 2.13. The molecule has 21 heavy (non-hydrogen) atoms. The molecule has 2 rings (SSSR count). The van der Waals surface area contributed by atoms with Gasteiger partial charge in [0.2, 0.25) is 5.88 Å². The molecule has 6 heteroatoms. The second kappa shape index (κ2) is 6.22. The van der Waals surface area contributed by atoms with Crippen molar-refractivity contribution in [2.24, 2.45) is 0 Å². The molecule has 0 unspecified atom stereocenters. The maximum Gasteiger partial charge on any atom is 0.231 e. The molecule has 0 aliphatic rings. The van der Waals surface area contributed by atoms with Gasteiger partial charge in [0.05, 0.1) is 18.5 Å². The van der Waals surface area contributed by atoms with Gasteiger partial charge in [-0.2, -0.15) is 4.98 Å². The number of thiazole rings is 1. The van der Waals surface area contributed by atoms with Crippen LogP contribution in [-0.2, 0) is 6.54 Å². The molecule has 1 heterocycles. The number of hydrogen-bond acceptors (Lipinski definition) is 6. The summed E-state index contributed by atoms with van der Waals surface area (Å²) in [5.74, 6) is 0.979. The van der Waals surface area contributed by atoms with Crippen molar-refractivity contribution in [3.63, 3.8) is 0 Å². The Morgan fingerprint density at radius 1 is 1.29 bits per heavy atom. The van der Waals surface area contributed by atoms with Crippen molar-refractivity contribution < 1.29 is 9.84 Å². The van der Waals surface area contributed by atoms with Crippen molar-refractivity contribution in [1.29, 1.82) is 0 Å². The van der Waals surface area contributed by atoms with Crippen LogP contribution >= 0.6 is 11.3 Å². The first kappa shape index (κ1) is 15.4. The lowest BCUT2D eigenvalue weighted by Gasteiger charge is -2.11. The molecule has 0 atom stereocenters. The van der Waals surface area contributed by atoms with Gasteiger partial charge in [0.1, 0.15) is 5.75 Å². The summed E-state index contributed by atoms with van der Waals surface area (Å²) >= 11 is 1.60. The Bertz CT molecular complexity index is 638. The third-order valence-corrected chi connectivity index (χ3v) is 4.41. The fourth-order valence-corrected chi connectivity index (χ4v) is 2.85. The third-order valence-electron chi connectivity index (χ3n) is 3.21. The molecule has 0 saturated carbocycles. The van der Waals surface area contributed by atoms with E-state index in [0.717, 1.165) is 26.8 Å². The largest absolute Gasteiger partial charge is 0.508 e. The van der Waals surface area contributed by atoms with Crippen LogP contribution in [0.15, 0.2) is 12.1 Å². The molecule has 1 aromatic carbocycles. The summed E-state index contributed by atoms with van der Waals surface area (Å²) in [5, 5.41) is 14.0. The van der Waals surface area contributed by atoms with Gasteiger partial charge >= 0.3 is 0 Å². The average Bonchev–Trinajstić information content (AvgIpc) is 2.85. The summed E-state index contributed by atoms with van der Waals surface area (Å²) in [6.07, 6.45) is 0. The summed E-state index contributed by atoms with van der Waals surface area (Å²) < 4.78 is 5.33. The minimum absolute atomic E-state index is 0.323. The maximum atomic E-state index is 9.70. The summed E-state index contributed by atoms with van der Waals surface area (Å²) in [4.78, 5) is 7.45. The van der Waals surface area contributed by atoms with E-state index in [-0.39, 0.29) is 0 Å². The number of rotatable bonds is 5. The molecule has 1 aromatic heterocycles. The molecule has 5 nitrogen and oxygen atoms in total. The molecule has 0 aliphatic heterocycles. The molecule has 2 N–H and O–H groups in total. The molecule has 0 amide bonds. The molecule has 0 fully saturated rings. The zero-order valence-corrected chi connectivity index (χ0v) is 13.8. The fourth-order valence-electron chi connectivity index (χ4n) is 1.96. The standard InChI is InChI=1S/C15H21N3O2S/c1-9-7-12(19)10(2)6-11(9)16-8-13-14(20-5)17-15(21-13)18(3)4/h6-7,16,19H,8H2,1-5H3. The molecule has 0 saturated heterocycles. The van der Waals surface area contributed by atoms with E-state index < -0.39 is 0 Å². The van der Waals surface area contributed by atoms with Crippen LogP contribution in [0, 0.1) is 13.8 Å². The van der Waals surface area contributed by atoms with Gasteiger partial charge in [0.15, 0.2) is 5.13 Å². The zero-order valence-electron chi connectivity index (χ0n) is 13.0. The van der Waals surface area contributed by atoms with Gasteiger partial charge in [-0.1, -0.05) is 11.3 Å². The van der Waals surface area contributed by atoms with Gasteiger partial charge in [-0.25, -0.2) is 0 Å². The monoisotopic (exact) mass is 307 g/mol. The molecule has 0 spiro atoms. The van der Waals surface area contributed by atoms with Crippen LogP contribution in [0.1, 0.15) is 16.0 Å². The highest BCUT2D eigenvalue weighted by molar-refractivity contribution is 7.15. The van der Waals surface area contributed by atoms with Gasteiger partial charge in [-0.15, -0.1) is 0 Å². The second-order valence-electron chi connectivity index (χ2n) is 5.13. The van der Waals surface area contributed by atoms with Gasteiger partial charge in [-0.05, 0) is 37.1 Å². The van der Waals surface area contributed by atoms with Crippen molar-refractivity contribution in [2.45, 2.75) is 20.4 Å². The molecule has 2 aromatic rings. The Hall–Kier alpha value is -1.95. The van der Waals surface area contributed by atoms with Crippen molar-refractivity contribution >= 4 is 22.2 Å².